The van der Waals surface area contributed by atoms with Crippen LogP contribution in [0, 0.1) is 0 Å². The highest BCUT2D eigenvalue weighted by Gasteiger charge is 2.01. The highest BCUT2D eigenvalue weighted by molar-refractivity contribution is 6.05. The summed E-state index contributed by atoms with van der Waals surface area (Å²) in [6.07, 6.45) is 4.51. The number of hydrogen-bond acceptors (Lipinski definition) is 7. The molecular formula is C11H10N6O3. The number of anilines is 1. The maximum Gasteiger partial charge on any atom is 0.346 e. The predicted octanol–water partition coefficient (Wildman–Crippen LogP) is -0.990. The number of carbonyl (C=O) groups is 1. The highest BCUT2D eigenvalue weighted by atomic mass is 16.1. The zero-order valence-electron chi connectivity index (χ0n) is 10.1. The third kappa shape index (κ3) is 3.38. The van der Waals surface area contributed by atoms with Crippen molar-refractivity contribution in [2.24, 2.45) is 0 Å². The Kier molecular flexibility index (Phi) is 4.02. The maximum atomic E-state index is 11.1. The molecule has 102 valence electrons. The molecule has 20 heavy (non-hydrogen) atoms. The minimum Gasteiger partial charge on any atom is -0.306 e. The summed E-state index contributed by atoms with van der Waals surface area (Å²) in [7, 11) is 0. The standard InChI is InChI=1S/C11H10N6O3/c18-6-7(8-1-3-12-10(19)15-8)5-14-17-9-2-4-13-11(20)16-9/h1-6,14H,(H,12,15,19)(H2,13,16,17,20)/b7-5+. The van der Waals surface area contributed by atoms with Crippen molar-refractivity contribution < 1.29 is 4.79 Å². The third-order valence-electron chi connectivity index (χ3n) is 2.22. The zero-order valence-corrected chi connectivity index (χ0v) is 10.1. The minimum absolute atomic E-state index is 0.202. The van der Waals surface area contributed by atoms with E-state index < -0.39 is 11.4 Å². The summed E-state index contributed by atoms with van der Waals surface area (Å²) in [5.74, 6) is 0.370. The number of aromatic nitrogens is 4. The van der Waals surface area contributed by atoms with Crippen LogP contribution in [0.1, 0.15) is 5.69 Å². The van der Waals surface area contributed by atoms with Crippen molar-refractivity contribution in [3.8, 4) is 0 Å². The van der Waals surface area contributed by atoms with E-state index in [0.717, 1.165) is 0 Å². The number of carbonyl (C=O) groups excluding carboxylic acids is 1. The number of hydrogen-bond donors (Lipinski definition) is 4. The molecule has 0 aromatic carbocycles. The second-order valence-corrected chi connectivity index (χ2v) is 3.56. The summed E-state index contributed by atoms with van der Waals surface area (Å²) in [5.41, 5.74) is 4.72. The molecule has 0 saturated heterocycles. The van der Waals surface area contributed by atoms with Crippen LogP contribution in [0.25, 0.3) is 5.57 Å². The molecule has 0 unspecified atom stereocenters. The summed E-state index contributed by atoms with van der Waals surface area (Å²) < 4.78 is 0. The molecule has 2 aromatic heterocycles. The maximum absolute atomic E-state index is 11.1. The highest BCUT2D eigenvalue weighted by Crippen LogP contribution is 2.04. The molecule has 0 aliphatic carbocycles. The van der Waals surface area contributed by atoms with Crippen molar-refractivity contribution in [3.05, 3.63) is 57.4 Å². The molecule has 9 nitrogen and oxygen atoms in total. The van der Waals surface area contributed by atoms with Gasteiger partial charge in [0, 0.05) is 18.6 Å². The van der Waals surface area contributed by atoms with Crippen molar-refractivity contribution in [2.45, 2.75) is 0 Å². The van der Waals surface area contributed by atoms with Crippen LogP contribution in [-0.2, 0) is 4.79 Å². The number of nitrogens with one attached hydrogen (secondary N) is 4. The monoisotopic (exact) mass is 274 g/mol. The fraction of sp³-hybridized carbons (Fsp3) is 0. The van der Waals surface area contributed by atoms with E-state index in [1.165, 1.54) is 30.7 Å². The Hall–Kier alpha value is -3.23. The summed E-state index contributed by atoms with van der Waals surface area (Å²) in [5, 5.41) is 0. The van der Waals surface area contributed by atoms with Crippen molar-refractivity contribution in [1.29, 1.82) is 0 Å². The van der Waals surface area contributed by atoms with Gasteiger partial charge in [0.2, 0.25) is 0 Å². The second-order valence-electron chi connectivity index (χ2n) is 3.56. The molecule has 0 spiro atoms. The summed E-state index contributed by atoms with van der Waals surface area (Å²) in [6, 6.07) is 3.01. The number of aromatic amines is 2. The summed E-state index contributed by atoms with van der Waals surface area (Å²) >= 11 is 0. The van der Waals surface area contributed by atoms with Crippen molar-refractivity contribution >= 4 is 17.7 Å². The lowest BCUT2D eigenvalue weighted by Crippen LogP contribution is -2.20. The van der Waals surface area contributed by atoms with E-state index in [9.17, 15) is 14.4 Å². The smallest absolute Gasteiger partial charge is 0.306 e. The molecule has 4 N–H and O–H groups in total. The largest absolute Gasteiger partial charge is 0.346 e. The molecule has 0 bridgehead atoms. The topological polar surface area (TPSA) is 133 Å². The lowest BCUT2D eigenvalue weighted by molar-refractivity contribution is -0.103. The molecule has 9 heteroatoms. The van der Waals surface area contributed by atoms with E-state index in [0.29, 0.717) is 17.8 Å². The number of allylic oxidation sites excluding steroid dienone is 1. The van der Waals surface area contributed by atoms with Gasteiger partial charge in [0.15, 0.2) is 6.29 Å². The Bertz CT molecular complexity index is 748. The van der Waals surface area contributed by atoms with Crippen LogP contribution in [0.15, 0.2) is 40.3 Å². The first-order chi connectivity index (χ1) is 9.69. The first kappa shape index (κ1) is 13.2. The summed E-state index contributed by atoms with van der Waals surface area (Å²) in [4.78, 5) is 44.7. The van der Waals surface area contributed by atoms with Gasteiger partial charge in [-0.2, -0.15) is 0 Å². The zero-order chi connectivity index (χ0) is 14.4. The van der Waals surface area contributed by atoms with Gasteiger partial charge in [0.1, 0.15) is 5.82 Å². The molecule has 2 heterocycles. The van der Waals surface area contributed by atoms with Gasteiger partial charge in [-0.25, -0.2) is 19.6 Å². The van der Waals surface area contributed by atoms with Gasteiger partial charge < -0.3 is 10.4 Å². The molecule has 0 radical (unpaired) electrons. The minimum atomic E-state index is -0.554. The van der Waals surface area contributed by atoms with Gasteiger partial charge in [-0.15, -0.1) is 0 Å². The fourth-order valence-corrected chi connectivity index (χ4v) is 1.35. The fourth-order valence-electron chi connectivity index (χ4n) is 1.35. The first-order valence-electron chi connectivity index (χ1n) is 5.47. The Morgan fingerprint density at radius 1 is 1.10 bits per heavy atom. The van der Waals surface area contributed by atoms with E-state index in [4.69, 9.17) is 0 Å². The number of nitrogens with zero attached hydrogens (tertiary/aromatic N) is 2. The van der Waals surface area contributed by atoms with Crippen molar-refractivity contribution in [1.82, 2.24) is 25.4 Å². The van der Waals surface area contributed by atoms with Crippen molar-refractivity contribution in [2.75, 3.05) is 5.43 Å². The second kappa shape index (κ2) is 6.09. The summed E-state index contributed by atoms with van der Waals surface area (Å²) in [6.45, 7) is 0. The van der Waals surface area contributed by atoms with Gasteiger partial charge >= 0.3 is 11.4 Å². The van der Waals surface area contributed by atoms with Gasteiger partial charge in [-0.1, -0.05) is 0 Å². The van der Waals surface area contributed by atoms with Crippen LogP contribution in [0.5, 0.6) is 0 Å². The number of H-pyrrole nitrogens is 2. The van der Waals surface area contributed by atoms with Crippen LogP contribution in [0.4, 0.5) is 5.82 Å². The van der Waals surface area contributed by atoms with E-state index in [1.54, 1.807) is 0 Å². The average molecular weight is 274 g/mol. The molecule has 2 aromatic rings. The van der Waals surface area contributed by atoms with Crippen LogP contribution in [-0.4, -0.2) is 26.2 Å². The number of rotatable bonds is 5. The quantitative estimate of drug-likeness (QED) is 0.312. The normalized spacial score (nSPS) is 10.9. The lowest BCUT2D eigenvalue weighted by atomic mass is 10.2. The van der Waals surface area contributed by atoms with Gasteiger partial charge in [0.25, 0.3) is 0 Å². The molecule has 0 aliphatic rings. The number of hydrazine groups is 1. The van der Waals surface area contributed by atoms with Crippen LogP contribution < -0.4 is 22.2 Å². The Morgan fingerprint density at radius 2 is 1.80 bits per heavy atom. The molecular weight excluding hydrogens is 264 g/mol. The first-order valence-corrected chi connectivity index (χ1v) is 5.47. The molecule has 0 atom stereocenters. The van der Waals surface area contributed by atoms with E-state index in [2.05, 4.69) is 30.8 Å². The third-order valence-corrected chi connectivity index (χ3v) is 2.22. The van der Waals surface area contributed by atoms with E-state index >= 15 is 0 Å². The Balaban J connectivity index is 2.11. The Labute approximate surface area is 111 Å². The Morgan fingerprint density at radius 3 is 2.45 bits per heavy atom. The van der Waals surface area contributed by atoms with E-state index in [-0.39, 0.29) is 5.57 Å². The molecule has 0 amide bonds. The molecule has 0 saturated carbocycles. The van der Waals surface area contributed by atoms with E-state index in [1.807, 2.05) is 0 Å². The predicted molar refractivity (Wildman–Crippen MR) is 70.5 cm³/mol. The van der Waals surface area contributed by atoms with Gasteiger partial charge in [-0.05, 0) is 12.1 Å². The molecule has 2 rings (SSSR count). The van der Waals surface area contributed by atoms with Crippen molar-refractivity contribution in [3.63, 3.8) is 0 Å². The number of aldehydes is 1. The van der Waals surface area contributed by atoms with Gasteiger partial charge in [-0.3, -0.25) is 15.2 Å². The SMILES string of the molecule is O=C/C(=C\NNc1ccnc(=O)[nH]1)c1ccnc(=O)[nH]1. The molecule has 0 aliphatic heterocycles. The van der Waals surface area contributed by atoms with Gasteiger partial charge in [0.05, 0.1) is 11.3 Å². The van der Waals surface area contributed by atoms with Crippen LogP contribution in [0.2, 0.25) is 0 Å². The average Bonchev–Trinajstić information content (AvgIpc) is 2.44. The lowest BCUT2D eigenvalue weighted by Gasteiger charge is -2.05. The molecule has 0 fully saturated rings. The van der Waals surface area contributed by atoms with Crippen LogP contribution in [0.3, 0.4) is 0 Å². The van der Waals surface area contributed by atoms with Crippen LogP contribution >= 0.6 is 0 Å².